The molecular weight excluding hydrogens is 279 g/mol. The van der Waals surface area contributed by atoms with E-state index < -0.39 is 20.2 Å². The van der Waals surface area contributed by atoms with Crippen molar-refractivity contribution < 1.29 is 21.6 Å². The van der Waals surface area contributed by atoms with E-state index in [1.54, 1.807) is 0 Å². The highest BCUT2D eigenvalue weighted by molar-refractivity contribution is 7.92. The number of halogens is 3. The van der Waals surface area contributed by atoms with Gasteiger partial charge in [-0.25, -0.2) is 8.42 Å². The lowest BCUT2D eigenvalue weighted by Crippen LogP contribution is -2.27. The van der Waals surface area contributed by atoms with Crippen LogP contribution < -0.4 is 5.73 Å². The minimum atomic E-state index is -5.32. The lowest BCUT2D eigenvalue weighted by atomic mass is 10.0. The molecule has 1 rings (SSSR count). The second-order valence-corrected chi connectivity index (χ2v) is 6.22. The standard InChI is InChI=1S/C12H16F3NO2S/c1-2-5-10(16)8-9-6-3-4-7-11(9)19(17,18)12(13,14)15/h3-4,6-7,10H,2,5,8,16H2,1H3. The molecular formula is C12H16F3NO2S. The van der Waals surface area contributed by atoms with E-state index in [0.717, 1.165) is 12.5 Å². The predicted octanol–water partition coefficient (Wildman–Crippen LogP) is 2.65. The summed E-state index contributed by atoms with van der Waals surface area (Å²) < 4.78 is 60.6. The molecule has 0 radical (unpaired) electrons. The van der Waals surface area contributed by atoms with Crippen LogP contribution in [0.4, 0.5) is 13.2 Å². The van der Waals surface area contributed by atoms with Crippen LogP contribution in [-0.2, 0) is 16.3 Å². The second-order valence-electron chi connectivity index (χ2n) is 4.31. The third-order valence-corrected chi connectivity index (χ3v) is 4.30. The maximum Gasteiger partial charge on any atom is 0.501 e. The fraction of sp³-hybridized carbons (Fsp3) is 0.500. The van der Waals surface area contributed by atoms with Crippen LogP contribution in [0.1, 0.15) is 25.3 Å². The molecule has 0 aliphatic heterocycles. The second kappa shape index (κ2) is 5.92. The zero-order valence-corrected chi connectivity index (χ0v) is 11.3. The summed E-state index contributed by atoms with van der Waals surface area (Å²) in [5.41, 5.74) is 0.580. The maximum absolute atomic E-state index is 12.6. The van der Waals surface area contributed by atoms with Gasteiger partial charge in [-0.2, -0.15) is 13.2 Å². The molecule has 1 aromatic carbocycles. The van der Waals surface area contributed by atoms with E-state index in [4.69, 9.17) is 5.73 Å². The molecule has 2 N–H and O–H groups in total. The Morgan fingerprint density at radius 2 is 1.84 bits per heavy atom. The van der Waals surface area contributed by atoms with Gasteiger partial charge in [-0.3, -0.25) is 0 Å². The van der Waals surface area contributed by atoms with Crippen LogP contribution in [0.2, 0.25) is 0 Å². The minimum Gasteiger partial charge on any atom is -0.327 e. The van der Waals surface area contributed by atoms with E-state index in [1.165, 1.54) is 18.2 Å². The van der Waals surface area contributed by atoms with Gasteiger partial charge in [0.05, 0.1) is 4.90 Å². The molecule has 0 spiro atoms. The van der Waals surface area contributed by atoms with E-state index in [2.05, 4.69) is 0 Å². The molecule has 0 saturated heterocycles. The fourth-order valence-electron chi connectivity index (χ4n) is 1.81. The average Bonchev–Trinajstić information content (AvgIpc) is 2.28. The Bertz CT molecular complexity index is 526. The number of benzene rings is 1. The number of rotatable bonds is 5. The molecule has 0 heterocycles. The predicted molar refractivity (Wildman–Crippen MR) is 66.3 cm³/mol. The van der Waals surface area contributed by atoms with E-state index in [0.29, 0.717) is 6.42 Å². The van der Waals surface area contributed by atoms with E-state index in [9.17, 15) is 21.6 Å². The van der Waals surface area contributed by atoms with Crippen LogP contribution in [0, 0.1) is 0 Å². The molecule has 0 aromatic heterocycles. The molecule has 1 atom stereocenters. The molecule has 19 heavy (non-hydrogen) atoms. The number of hydrogen-bond donors (Lipinski definition) is 1. The van der Waals surface area contributed by atoms with Gasteiger partial charge in [-0.1, -0.05) is 31.5 Å². The van der Waals surface area contributed by atoms with Gasteiger partial charge in [-0.05, 0) is 24.5 Å². The Kier molecular flexibility index (Phi) is 4.98. The first-order valence-corrected chi connectivity index (χ1v) is 7.33. The summed E-state index contributed by atoms with van der Waals surface area (Å²) in [6.07, 6.45) is 1.52. The van der Waals surface area contributed by atoms with E-state index >= 15 is 0 Å². The summed E-state index contributed by atoms with van der Waals surface area (Å²) in [4.78, 5) is -0.700. The number of nitrogens with two attached hydrogens (primary N) is 1. The van der Waals surface area contributed by atoms with Crippen molar-refractivity contribution >= 4 is 9.84 Å². The van der Waals surface area contributed by atoms with Gasteiger partial charge in [0.25, 0.3) is 9.84 Å². The molecule has 108 valence electrons. The third kappa shape index (κ3) is 3.70. The van der Waals surface area contributed by atoms with Crippen molar-refractivity contribution in [2.75, 3.05) is 0 Å². The van der Waals surface area contributed by atoms with Gasteiger partial charge < -0.3 is 5.73 Å². The Labute approximate surface area is 110 Å². The monoisotopic (exact) mass is 295 g/mol. The summed E-state index contributed by atoms with van der Waals surface area (Å²) >= 11 is 0. The van der Waals surface area contributed by atoms with Gasteiger partial charge in [0.2, 0.25) is 0 Å². The lowest BCUT2D eigenvalue weighted by molar-refractivity contribution is -0.0436. The first kappa shape index (κ1) is 16.0. The number of sulfone groups is 1. The number of hydrogen-bond acceptors (Lipinski definition) is 3. The Hall–Kier alpha value is -1.08. The van der Waals surface area contributed by atoms with E-state index in [-0.39, 0.29) is 18.0 Å². The molecule has 0 amide bonds. The van der Waals surface area contributed by atoms with Crippen LogP contribution in [0.15, 0.2) is 29.2 Å². The fourth-order valence-corrected chi connectivity index (χ4v) is 2.82. The molecule has 0 aliphatic rings. The smallest absolute Gasteiger partial charge is 0.327 e. The summed E-state index contributed by atoms with van der Waals surface area (Å²) in [7, 11) is -5.32. The summed E-state index contributed by atoms with van der Waals surface area (Å²) in [6.45, 7) is 1.90. The Morgan fingerprint density at radius 3 is 2.37 bits per heavy atom. The van der Waals surface area contributed by atoms with Crippen molar-refractivity contribution in [3.63, 3.8) is 0 Å². The molecule has 0 aliphatic carbocycles. The quantitative estimate of drug-likeness (QED) is 0.908. The van der Waals surface area contributed by atoms with Crippen molar-refractivity contribution in [3.8, 4) is 0 Å². The Balaban J connectivity index is 3.17. The van der Waals surface area contributed by atoms with Gasteiger partial charge in [0.15, 0.2) is 0 Å². The van der Waals surface area contributed by atoms with Crippen molar-refractivity contribution in [1.29, 1.82) is 0 Å². The van der Waals surface area contributed by atoms with Crippen LogP contribution >= 0.6 is 0 Å². The van der Waals surface area contributed by atoms with Crippen molar-refractivity contribution in [3.05, 3.63) is 29.8 Å². The summed E-state index contributed by atoms with van der Waals surface area (Å²) in [6, 6.07) is 4.76. The Morgan fingerprint density at radius 1 is 1.26 bits per heavy atom. The van der Waals surface area contributed by atoms with Gasteiger partial charge >= 0.3 is 5.51 Å². The molecule has 1 unspecified atom stereocenters. The molecule has 0 bridgehead atoms. The van der Waals surface area contributed by atoms with Crippen LogP contribution in [0.3, 0.4) is 0 Å². The minimum absolute atomic E-state index is 0.110. The first-order valence-electron chi connectivity index (χ1n) is 5.85. The molecule has 3 nitrogen and oxygen atoms in total. The van der Waals surface area contributed by atoms with Gasteiger partial charge in [0.1, 0.15) is 0 Å². The molecule has 1 aromatic rings. The normalized spacial score (nSPS) is 14.4. The van der Waals surface area contributed by atoms with Gasteiger partial charge in [-0.15, -0.1) is 0 Å². The van der Waals surface area contributed by atoms with Crippen molar-refractivity contribution in [2.24, 2.45) is 5.73 Å². The van der Waals surface area contributed by atoms with Gasteiger partial charge in [0, 0.05) is 6.04 Å². The SMILES string of the molecule is CCCC(N)Cc1ccccc1S(=O)(=O)C(F)(F)F. The zero-order chi connectivity index (χ0) is 14.7. The van der Waals surface area contributed by atoms with Crippen LogP contribution in [0.25, 0.3) is 0 Å². The number of alkyl halides is 3. The summed E-state index contributed by atoms with van der Waals surface area (Å²) in [5, 5.41) is 0. The zero-order valence-electron chi connectivity index (χ0n) is 10.4. The molecule has 7 heteroatoms. The highest BCUT2D eigenvalue weighted by Gasteiger charge is 2.47. The highest BCUT2D eigenvalue weighted by atomic mass is 32.2. The van der Waals surface area contributed by atoms with Crippen molar-refractivity contribution in [2.45, 2.75) is 42.6 Å². The lowest BCUT2D eigenvalue weighted by Gasteiger charge is -2.15. The average molecular weight is 295 g/mol. The van der Waals surface area contributed by atoms with Crippen LogP contribution in [0.5, 0.6) is 0 Å². The molecule has 0 fully saturated rings. The largest absolute Gasteiger partial charge is 0.501 e. The summed E-state index contributed by atoms with van der Waals surface area (Å²) in [5.74, 6) is 0. The highest BCUT2D eigenvalue weighted by Crippen LogP contribution is 2.32. The maximum atomic E-state index is 12.6. The molecule has 0 saturated carbocycles. The van der Waals surface area contributed by atoms with Crippen molar-refractivity contribution in [1.82, 2.24) is 0 Å². The topological polar surface area (TPSA) is 60.2 Å². The third-order valence-electron chi connectivity index (χ3n) is 2.71. The van der Waals surface area contributed by atoms with E-state index in [1.807, 2.05) is 6.92 Å². The van der Waals surface area contributed by atoms with Crippen LogP contribution in [-0.4, -0.2) is 20.0 Å². The first-order chi connectivity index (χ1) is 8.70.